The number of benzene rings is 1. The second-order valence-electron chi connectivity index (χ2n) is 6.50. The van der Waals surface area contributed by atoms with Crippen molar-refractivity contribution in [2.75, 3.05) is 25.1 Å². The number of rotatable bonds is 3. The number of hydrogen-bond acceptors (Lipinski definition) is 5. The molecule has 7 heteroatoms. The third-order valence-electron chi connectivity index (χ3n) is 4.71. The first-order valence-corrected chi connectivity index (χ1v) is 8.47. The van der Waals surface area contributed by atoms with Gasteiger partial charge in [0.05, 0.1) is 12.8 Å². The molecule has 7 nitrogen and oxygen atoms in total. The third-order valence-corrected chi connectivity index (χ3v) is 4.71. The van der Waals surface area contributed by atoms with Gasteiger partial charge in [-0.25, -0.2) is 4.68 Å². The first-order chi connectivity index (χ1) is 12.1. The fraction of sp³-hybridized carbons (Fsp3) is 0.389. The summed E-state index contributed by atoms with van der Waals surface area (Å²) < 4.78 is 7.06. The molecule has 1 N–H and O–H groups in total. The molecule has 4 rings (SSSR count). The Kier molecular flexibility index (Phi) is 3.71. The van der Waals surface area contributed by atoms with Crippen molar-refractivity contribution in [3.8, 4) is 11.4 Å². The fourth-order valence-corrected chi connectivity index (χ4v) is 3.49. The van der Waals surface area contributed by atoms with Crippen LogP contribution >= 0.6 is 0 Å². The highest BCUT2D eigenvalue weighted by molar-refractivity contribution is 5.75. The van der Waals surface area contributed by atoms with Crippen LogP contribution in [0.4, 0.5) is 5.95 Å². The topological polar surface area (TPSA) is 76.0 Å². The number of ether oxygens (including phenoxy) is 1. The Morgan fingerprint density at radius 3 is 2.48 bits per heavy atom. The Morgan fingerprint density at radius 2 is 1.84 bits per heavy atom. The molecule has 0 aliphatic carbocycles. The number of nitrogens with one attached hydrogen (secondary N) is 1. The minimum atomic E-state index is -0.151. The maximum absolute atomic E-state index is 12.5. The molecule has 1 fully saturated rings. The molecule has 1 aliphatic heterocycles. The van der Waals surface area contributed by atoms with Gasteiger partial charge in [0, 0.05) is 19.3 Å². The van der Waals surface area contributed by atoms with Crippen molar-refractivity contribution < 1.29 is 4.74 Å². The van der Waals surface area contributed by atoms with E-state index in [1.165, 1.54) is 0 Å². The predicted octanol–water partition coefficient (Wildman–Crippen LogP) is 2.33. The molecule has 0 atom stereocenters. The summed E-state index contributed by atoms with van der Waals surface area (Å²) in [4.78, 5) is 22.0. The Balaban J connectivity index is 1.84. The molecular formula is C18H21N5O2. The monoisotopic (exact) mass is 339 g/mol. The maximum Gasteiger partial charge on any atom is 0.263 e. The van der Waals surface area contributed by atoms with Crippen LogP contribution in [-0.2, 0) is 0 Å². The Bertz CT molecular complexity index is 975. The molecule has 1 saturated heterocycles. The van der Waals surface area contributed by atoms with Crippen LogP contribution in [0.2, 0.25) is 0 Å². The molecule has 2 aromatic heterocycles. The van der Waals surface area contributed by atoms with Crippen molar-refractivity contribution in [1.82, 2.24) is 19.7 Å². The summed E-state index contributed by atoms with van der Waals surface area (Å²) in [7, 11) is 1.65. The number of hydrogen-bond donors (Lipinski definition) is 1. The number of methoxy groups -OCH3 is 1. The van der Waals surface area contributed by atoms with E-state index in [0.717, 1.165) is 48.5 Å². The smallest absolute Gasteiger partial charge is 0.263 e. The first kappa shape index (κ1) is 15.7. The summed E-state index contributed by atoms with van der Waals surface area (Å²) in [5.74, 6) is 1.42. The number of H-pyrrole nitrogens is 1. The average Bonchev–Trinajstić information content (AvgIpc) is 3.23. The largest absolute Gasteiger partial charge is 0.497 e. The highest BCUT2D eigenvalue weighted by atomic mass is 16.5. The van der Waals surface area contributed by atoms with E-state index in [0.29, 0.717) is 17.0 Å². The van der Waals surface area contributed by atoms with Crippen LogP contribution in [0.1, 0.15) is 24.0 Å². The Hall–Kier alpha value is -2.83. The van der Waals surface area contributed by atoms with E-state index in [1.807, 2.05) is 26.0 Å². The minimum Gasteiger partial charge on any atom is -0.497 e. The zero-order chi connectivity index (χ0) is 17.6. The van der Waals surface area contributed by atoms with Gasteiger partial charge in [-0.15, -0.1) is 5.10 Å². The van der Waals surface area contributed by atoms with Gasteiger partial charge < -0.3 is 9.64 Å². The van der Waals surface area contributed by atoms with Crippen LogP contribution < -0.4 is 15.2 Å². The van der Waals surface area contributed by atoms with E-state index in [-0.39, 0.29) is 5.56 Å². The third kappa shape index (κ3) is 2.65. The molecular weight excluding hydrogens is 318 g/mol. The first-order valence-electron chi connectivity index (χ1n) is 8.47. The molecule has 0 spiro atoms. The van der Waals surface area contributed by atoms with Gasteiger partial charge in [-0.3, -0.25) is 9.78 Å². The molecule has 1 aliphatic rings. The summed E-state index contributed by atoms with van der Waals surface area (Å²) in [5.41, 5.74) is 3.32. The van der Waals surface area contributed by atoms with E-state index >= 15 is 0 Å². The molecule has 0 amide bonds. The van der Waals surface area contributed by atoms with E-state index in [4.69, 9.17) is 4.74 Å². The van der Waals surface area contributed by atoms with Crippen molar-refractivity contribution in [1.29, 1.82) is 0 Å². The number of anilines is 1. The van der Waals surface area contributed by atoms with Crippen LogP contribution in [0.5, 0.6) is 5.75 Å². The van der Waals surface area contributed by atoms with Crippen LogP contribution in [0.25, 0.3) is 16.7 Å². The van der Waals surface area contributed by atoms with Crippen molar-refractivity contribution in [3.05, 3.63) is 39.8 Å². The van der Waals surface area contributed by atoms with E-state index in [9.17, 15) is 4.79 Å². The molecule has 3 heterocycles. The molecule has 0 radical (unpaired) electrons. The molecule has 1 aromatic carbocycles. The number of aryl methyl sites for hydroxylation is 2. The molecule has 0 unspecified atom stereocenters. The number of aromatic nitrogens is 4. The van der Waals surface area contributed by atoms with Gasteiger partial charge in [0.15, 0.2) is 5.65 Å². The van der Waals surface area contributed by atoms with Gasteiger partial charge in [-0.1, -0.05) is 0 Å². The standard InChI is InChI=1S/C18H21N5O2/c1-11-8-13(25-3)9-12(2)15(11)23-10-14-16(21-23)19-18(20-17(14)24)22-6-4-5-7-22/h8-10H,4-7H2,1-3H3,(H,19,20,21,24). The zero-order valence-electron chi connectivity index (χ0n) is 14.7. The van der Waals surface area contributed by atoms with Gasteiger partial charge in [0.1, 0.15) is 11.1 Å². The zero-order valence-corrected chi connectivity index (χ0v) is 14.7. The van der Waals surface area contributed by atoms with Crippen molar-refractivity contribution in [3.63, 3.8) is 0 Å². The van der Waals surface area contributed by atoms with Gasteiger partial charge in [0.2, 0.25) is 5.95 Å². The van der Waals surface area contributed by atoms with E-state index < -0.39 is 0 Å². The van der Waals surface area contributed by atoms with Gasteiger partial charge in [-0.2, -0.15) is 4.98 Å². The van der Waals surface area contributed by atoms with Gasteiger partial charge >= 0.3 is 0 Å². The van der Waals surface area contributed by atoms with Crippen LogP contribution in [0, 0.1) is 13.8 Å². The lowest BCUT2D eigenvalue weighted by molar-refractivity contribution is 0.414. The summed E-state index contributed by atoms with van der Waals surface area (Å²) >= 11 is 0. The number of aromatic amines is 1. The normalized spacial score (nSPS) is 14.4. The van der Waals surface area contributed by atoms with E-state index in [1.54, 1.807) is 18.0 Å². The SMILES string of the molecule is COc1cc(C)c(-n2cc3c(=O)[nH]c(N4CCCC4)nc3n2)c(C)c1. The van der Waals surface area contributed by atoms with E-state index in [2.05, 4.69) is 20.0 Å². The van der Waals surface area contributed by atoms with Crippen molar-refractivity contribution in [2.45, 2.75) is 26.7 Å². The fourth-order valence-electron chi connectivity index (χ4n) is 3.49. The number of fused-ring (bicyclic) bond motifs is 1. The lowest BCUT2D eigenvalue weighted by Gasteiger charge is -2.14. The average molecular weight is 339 g/mol. The van der Waals surface area contributed by atoms with Gasteiger partial charge in [0.25, 0.3) is 5.56 Å². The molecule has 0 saturated carbocycles. The highest BCUT2D eigenvalue weighted by Gasteiger charge is 2.18. The number of nitrogens with zero attached hydrogens (tertiary/aromatic N) is 4. The maximum atomic E-state index is 12.5. The summed E-state index contributed by atoms with van der Waals surface area (Å²) in [6.07, 6.45) is 4.00. The molecule has 130 valence electrons. The quantitative estimate of drug-likeness (QED) is 0.792. The summed E-state index contributed by atoms with van der Waals surface area (Å²) in [6.45, 7) is 5.85. The van der Waals surface area contributed by atoms with Crippen molar-refractivity contribution in [2.24, 2.45) is 0 Å². The Labute approximate surface area is 145 Å². The second-order valence-corrected chi connectivity index (χ2v) is 6.50. The summed E-state index contributed by atoms with van der Waals surface area (Å²) in [6, 6.07) is 3.92. The van der Waals surface area contributed by atoms with Gasteiger partial charge in [-0.05, 0) is 49.9 Å². The molecule has 0 bridgehead atoms. The van der Waals surface area contributed by atoms with Crippen LogP contribution in [0.15, 0.2) is 23.1 Å². The molecule has 25 heavy (non-hydrogen) atoms. The highest BCUT2D eigenvalue weighted by Crippen LogP contribution is 2.25. The van der Waals surface area contributed by atoms with Crippen LogP contribution in [-0.4, -0.2) is 39.9 Å². The molecule has 3 aromatic rings. The lowest BCUT2D eigenvalue weighted by atomic mass is 10.1. The lowest BCUT2D eigenvalue weighted by Crippen LogP contribution is -2.23. The summed E-state index contributed by atoms with van der Waals surface area (Å²) in [5, 5.41) is 5.07. The van der Waals surface area contributed by atoms with Crippen molar-refractivity contribution >= 4 is 17.0 Å². The second kappa shape index (κ2) is 5.91. The minimum absolute atomic E-state index is 0.151. The Morgan fingerprint density at radius 1 is 1.16 bits per heavy atom. The predicted molar refractivity (Wildman–Crippen MR) is 97.0 cm³/mol. The van der Waals surface area contributed by atoms with Crippen LogP contribution in [0.3, 0.4) is 0 Å².